The first-order chi connectivity index (χ1) is 14.5. The van der Waals surface area contributed by atoms with Gasteiger partial charge in [0.25, 0.3) is 5.91 Å². The number of nitrogens with one attached hydrogen (secondary N) is 3. The van der Waals surface area contributed by atoms with E-state index in [9.17, 15) is 14.0 Å². The summed E-state index contributed by atoms with van der Waals surface area (Å²) in [6.45, 7) is 0. The number of rotatable bonds is 7. The molecule has 0 bridgehead atoms. The van der Waals surface area contributed by atoms with Crippen LogP contribution in [0, 0.1) is 5.82 Å². The van der Waals surface area contributed by atoms with Crippen LogP contribution >= 0.6 is 0 Å². The molecule has 30 heavy (non-hydrogen) atoms. The normalized spacial score (nSPS) is 15.5. The van der Waals surface area contributed by atoms with E-state index in [0.29, 0.717) is 17.2 Å². The number of benzene rings is 2. The lowest BCUT2D eigenvalue weighted by molar-refractivity contribution is -0.123. The molecule has 10 heteroatoms. The molecule has 0 unspecified atom stereocenters. The van der Waals surface area contributed by atoms with Crippen molar-refractivity contribution in [2.75, 3.05) is 19.5 Å². The zero-order valence-electron chi connectivity index (χ0n) is 16.3. The smallest absolute Gasteiger partial charge is 0.252 e. The third-order valence-corrected chi connectivity index (χ3v) is 4.11. The Morgan fingerprint density at radius 2 is 2.03 bits per heavy atom. The summed E-state index contributed by atoms with van der Waals surface area (Å²) in [6, 6.07) is 9.83. The molecule has 0 fully saturated rings. The Hall–Kier alpha value is -3.95. The monoisotopic (exact) mass is 413 g/mol. The second-order valence-electron chi connectivity index (χ2n) is 6.23. The maximum atomic E-state index is 13.2. The SMILES string of the molecule is COc1ccc(/C=N\NC2=N[C@H](CC(=O)Nc3cccc(F)c3)C(=O)N2)cc1OC. The van der Waals surface area contributed by atoms with Crippen LogP contribution in [0.25, 0.3) is 0 Å². The number of methoxy groups -OCH3 is 2. The molecule has 0 saturated carbocycles. The minimum absolute atomic E-state index is 0.125. The van der Waals surface area contributed by atoms with Crippen molar-refractivity contribution < 1.29 is 23.5 Å². The highest BCUT2D eigenvalue weighted by Crippen LogP contribution is 2.26. The molecule has 0 spiro atoms. The molecule has 3 rings (SSSR count). The van der Waals surface area contributed by atoms with Gasteiger partial charge in [0.15, 0.2) is 11.5 Å². The summed E-state index contributed by atoms with van der Waals surface area (Å²) in [5.41, 5.74) is 3.66. The maximum absolute atomic E-state index is 13.2. The molecule has 2 amide bonds. The average Bonchev–Trinajstić information content (AvgIpc) is 3.06. The number of anilines is 1. The number of ether oxygens (including phenoxy) is 2. The first kappa shape index (κ1) is 20.8. The Bertz CT molecular complexity index is 1010. The van der Waals surface area contributed by atoms with Crippen molar-refractivity contribution in [2.24, 2.45) is 10.1 Å². The van der Waals surface area contributed by atoms with E-state index in [1.54, 1.807) is 31.4 Å². The predicted molar refractivity (Wildman–Crippen MR) is 109 cm³/mol. The third-order valence-electron chi connectivity index (χ3n) is 4.11. The Morgan fingerprint density at radius 3 is 2.77 bits per heavy atom. The van der Waals surface area contributed by atoms with Gasteiger partial charge in [-0.25, -0.2) is 14.8 Å². The molecule has 0 aliphatic carbocycles. The summed E-state index contributed by atoms with van der Waals surface area (Å²) in [4.78, 5) is 28.2. The van der Waals surface area contributed by atoms with Gasteiger partial charge in [-0.15, -0.1) is 0 Å². The topological polar surface area (TPSA) is 113 Å². The number of nitrogens with zero attached hydrogens (tertiary/aromatic N) is 2. The Kier molecular flexibility index (Phi) is 6.58. The zero-order valence-corrected chi connectivity index (χ0v) is 16.3. The van der Waals surface area contributed by atoms with E-state index in [4.69, 9.17) is 9.47 Å². The second kappa shape index (κ2) is 9.50. The molecule has 1 atom stereocenters. The van der Waals surface area contributed by atoms with E-state index in [0.717, 1.165) is 5.56 Å². The summed E-state index contributed by atoms with van der Waals surface area (Å²) in [7, 11) is 3.08. The highest BCUT2D eigenvalue weighted by atomic mass is 19.1. The predicted octanol–water partition coefficient (Wildman–Crippen LogP) is 1.65. The number of hydrogen-bond donors (Lipinski definition) is 3. The number of halogens is 1. The van der Waals surface area contributed by atoms with E-state index in [1.807, 2.05) is 0 Å². The van der Waals surface area contributed by atoms with Crippen LogP contribution in [0.4, 0.5) is 10.1 Å². The number of hydrogen-bond acceptors (Lipinski definition) is 7. The van der Waals surface area contributed by atoms with Crippen LogP contribution in [0.2, 0.25) is 0 Å². The van der Waals surface area contributed by atoms with Crippen LogP contribution in [0.15, 0.2) is 52.6 Å². The van der Waals surface area contributed by atoms with Crippen LogP contribution < -0.4 is 25.5 Å². The average molecular weight is 413 g/mol. The molecular weight excluding hydrogens is 393 g/mol. The highest BCUT2D eigenvalue weighted by molar-refractivity contribution is 6.07. The molecule has 1 aliphatic heterocycles. The second-order valence-corrected chi connectivity index (χ2v) is 6.23. The first-order valence-corrected chi connectivity index (χ1v) is 8.93. The lowest BCUT2D eigenvalue weighted by atomic mass is 10.2. The van der Waals surface area contributed by atoms with Crippen molar-refractivity contribution in [3.05, 3.63) is 53.8 Å². The van der Waals surface area contributed by atoms with Gasteiger partial charge in [0.05, 0.1) is 26.9 Å². The number of guanidine groups is 1. The molecule has 3 N–H and O–H groups in total. The molecule has 1 heterocycles. The van der Waals surface area contributed by atoms with E-state index >= 15 is 0 Å². The van der Waals surface area contributed by atoms with Gasteiger partial charge in [0.2, 0.25) is 11.9 Å². The van der Waals surface area contributed by atoms with E-state index < -0.39 is 23.7 Å². The summed E-state index contributed by atoms with van der Waals surface area (Å²) in [5, 5.41) is 9.06. The summed E-state index contributed by atoms with van der Waals surface area (Å²) < 4.78 is 23.6. The largest absolute Gasteiger partial charge is 0.493 e. The Labute approximate surface area is 172 Å². The fourth-order valence-electron chi connectivity index (χ4n) is 2.70. The number of carbonyl (C=O) groups is 2. The van der Waals surface area contributed by atoms with Gasteiger partial charge in [-0.1, -0.05) is 6.07 Å². The van der Waals surface area contributed by atoms with Crippen LogP contribution in [-0.4, -0.2) is 44.2 Å². The van der Waals surface area contributed by atoms with Crippen molar-refractivity contribution in [3.63, 3.8) is 0 Å². The molecule has 2 aromatic rings. The van der Waals surface area contributed by atoms with Gasteiger partial charge in [0, 0.05) is 5.69 Å². The van der Waals surface area contributed by atoms with Crippen LogP contribution in [-0.2, 0) is 9.59 Å². The summed E-state index contributed by atoms with van der Waals surface area (Å²) in [5.74, 6) is -0.0944. The number of aliphatic imine (C=N–C) groups is 1. The van der Waals surface area contributed by atoms with Crippen molar-refractivity contribution in [1.29, 1.82) is 0 Å². The van der Waals surface area contributed by atoms with Crippen LogP contribution in [0.5, 0.6) is 11.5 Å². The van der Waals surface area contributed by atoms with Gasteiger partial charge < -0.3 is 14.8 Å². The number of hydrazone groups is 1. The van der Waals surface area contributed by atoms with Crippen molar-refractivity contribution in [3.8, 4) is 11.5 Å². The highest BCUT2D eigenvalue weighted by Gasteiger charge is 2.28. The molecule has 0 saturated heterocycles. The molecule has 1 aliphatic rings. The fourth-order valence-corrected chi connectivity index (χ4v) is 2.70. The van der Waals surface area contributed by atoms with Crippen molar-refractivity contribution >= 4 is 29.7 Å². The standard InChI is InChI=1S/C20H20FN5O4/c1-29-16-7-6-12(8-17(16)30-2)11-22-26-20-24-15(19(28)25-20)10-18(27)23-14-5-3-4-13(21)9-14/h3-9,11,15H,10H2,1-2H3,(H,23,27)(H2,24,25,26,28)/b22-11-/t15-/m1/s1. The quantitative estimate of drug-likeness (QED) is 0.472. The van der Waals surface area contributed by atoms with E-state index in [2.05, 4.69) is 26.2 Å². The Morgan fingerprint density at radius 1 is 1.23 bits per heavy atom. The van der Waals surface area contributed by atoms with Gasteiger partial charge in [0.1, 0.15) is 11.9 Å². The Balaban J connectivity index is 1.56. The molecule has 156 valence electrons. The first-order valence-electron chi connectivity index (χ1n) is 8.93. The van der Waals surface area contributed by atoms with E-state index in [1.165, 1.54) is 31.5 Å². The molecule has 9 nitrogen and oxygen atoms in total. The van der Waals surface area contributed by atoms with Crippen LogP contribution in [0.1, 0.15) is 12.0 Å². The minimum atomic E-state index is -0.905. The lowest BCUT2D eigenvalue weighted by Crippen LogP contribution is -2.35. The molecule has 0 aromatic heterocycles. The van der Waals surface area contributed by atoms with Crippen LogP contribution in [0.3, 0.4) is 0 Å². The lowest BCUT2D eigenvalue weighted by Gasteiger charge is -2.07. The van der Waals surface area contributed by atoms with Gasteiger partial charge >= 0.3 is 0 Å². The minimum Gasteiger partial charge on any atom is -0.493 e. The van der Waals surface area contributed by atoms with Gasteiger partial charge in [-0.05, 0) is 42.0 Å². The summed E-state index contributed by atoms with van der Waals surface area (Å²) >= 11 is 0. The third kappa shape index (κ3) is 5.31. The molecule has 0 radical (unpaired) electrons. The van der Waals surface area contributed by atoms with Crippen molar-refractivity contribution in [1.82, 2.24) is 10.7 Å². The number of amides is 2. The van der Waals surface area contributed by atoms with Gasteiger partial charge in [-0.3, -0.25) is 14.9 Å². The van der Waals surface area contributed by atoms with Crippen molar-refractivity contribution in [2.45, 2.75) is 12.5 Å². The summed E-state index contributed by atoms with van der Waals surface area (Å²) in [6.07, 6.45) is 1.33. The number of carbonyl (C=O) groups excluding carboxylic acids is 2. The van der Waals surface area contributed by atoms with Gasteiger partial charge in [-0.2, -0.15) is 5.10 Å². The van der Waals surface area contributed by atoms with E-state index in [-0.39, 0.29) is 12.4 Å². The molecule has 2 aromatic carbocycles. The zero-order chi connectivity index (χ0) is 21.5. The maximum Gasteiger partial charge on any atom is 0.252 e. The fraction of sp³-hybridized carbons (Fsp3) is 0.200. The molecular formula is C20H20FN5O4.